The molecule has 1 aliphatic heterocycles. The van der Waals surface area contributed by atoms with Crippen LogP contribution in [0.5, 0.6) is 0 Å². The van der Waals surface area contributed by atoms with Crippen LogP contribution in [0.3, 0.4) is 0 Å². The van der Waals surface area contributed by atoms with Gasteiger partial charge in [0, 0.05) is 30.6 Å². The smallest absolute Gasteiger partial charge is 0.255 e. The Bertz CT molecular complexity index is 1110. The molecule has 0 aromatic carbocycles. The van der Waals surface area contributed by atoms with Crippen molar-refractivity contribution in [3.05, 3.63) is 42.4 Å². The van der Waals surface area contributed by atoms with Crippen molar-refractivity contribution in [2.45, 2.75) is 44.5 Å². The van der Waals surface area contributed by atoms with Gasteiger partial charge in [0.1, 0.15) is 17.8 Å². The molecule has 4 rings (SSSR count). The van der Waals surface area contributed by atoms with Gasteiger partial charge < -0.3 is 21.1 Å². The molecule has 33 heavy (non-hydrogen) atoms. The molecule has 4 N–H and O–H groups in total. The summed E-state index contributed by atoms with van der Waals surface area (Å²) in [6.07, 6.45) is 5.31. The van der Waals surface area contributed by atoms with Crippen molar-refractivity contribution in [2.75, 3.05) is 28.7 Å². The Morgan fingerprint density at radius 1 is 1.33 bits per heavy atom. The summed E-state index contributed by atoms with van der Waals surface area (Å²) in [5, 5.41) is 23.1. The molecule has 1 amide bonds. The quantitative estimate of drug-likeness (QED) is 0.395. The number of alkyl halides is 1. The number of rotatable bonds is 8. The molecule has 1 unspecified atom stereocenters. The van der Waals surface area contributed by atoms with Gasteiger partial charge in [-0.25, -0.2) is 18.9 Å². The monoisotopic (exact) mass is 473 g/mol. The van der Waals surface area contributed by atoms with Gasteiger partial charge in [0.2, 0.25) is 0 Å². The van der Waals surface area contributed by atoms with E-state index in [4.69, 9.17) is 0 Å². The van der Waals surface area contributed by atoms with E-state index >= 15 is 0 Å². The highest BCUT2D eigenvalue weighted by molar-refractivity contribution is 7.99. The summed E-state index contributed by atoms with van der Waals surface area (Å²) in [7, 11) is 0. The maximum absolute atomic E-state index is 14.1. The van der Waals surface area contributed by atoms with E-state index in [9.17, 15) is 14.3 Å². The SMILES string of the molecule is CC(C)(O)C(F)CNC(=O)c1cnc(Nc2ccn3nccc3n2)cc1NC1CCSCC1. The molecule has 4 heterocycles. The number of aliphatic hydroxyl groups is 1. The lowest BCUT2D eigenvalue weighted by atomic mass is 10.0. The number of amides is 1. The van der Waals surface area contributed by atoms with Crippen molar-refractivity contribution in [3.8, 4) is 0 Å². The Balaban J connectivity index is 1.54. The lowest BCUT2D eigenvalue weighted by Crippen LogP contribution is -2.42. The highest BCUT2D eigenvalue weighted by Gasteiger charge is 2.27. The van der Waals surface area contributed by atoms with Gasteiger partial charge in [-0.1, -0.05) is 0 Å². The Hall–Kier alpha value is -2.92. The number of nitrogens with one attached hydrogen (secondary N) is 3. The second-order valence-corrected chi connectivity index (χ2v) is 9.77. The molecule has 3 aromatic heterocycles. The van der Waals surface area contributed by atoms with E-state index in [-0.39, 0.29) is 12.6 Å². The average molecular weight is 474 g/mol. The zero-order valence-corrected chi connectivity index (χ0v) is 19.4. The molecule has 1 saturated heterocycles. The molecule has 1 fully saturated rings. The first kappa shape index (κ1) is 23.2. The fourth-order valence-corrected chi connectivity index (χ4v) is 4.53. The third-order valence-electron chi connectivity index (χ3n) is 5.45. The van der Waals surface area contributed by atoms with Crippen LogP contribution in [0.15, 0.2) is 36.8 Å². The first-order chi connectivity index (χ1) is 15.8. The average Bonchev–Trinajstić information content (AvgIpc) is 3.25. The van der Waals surface area contributed by atoms with Crippen LogP contribution in [-0.2, 0) is 0 Å². The first-order valence-corrected chi connectivity index (χ1v) is 12.0. The van der Waals surface area contributed by atoms with Gasteiger partial charge in [-0.15, -0.1) is 0 Å². The van der Waals surface area contributed by atoms with Crippen molar-refractivity contribution < 1.29 is 14.3 Å². The molecule has 176 valence electrons. The topological polar surface area (TPSA) is 116 Å². The Morgan fingerprint density at radius 3 is 2.88 bits per heavy atom. The second-order valence-electron chi connectivity index (χ2n) is 8.55. The third kappa shape index (κ3) is 5.91. The van der Waals surface area contributed by atoms with E-state index < -0.39 is 17.7 Å². The summed E-state index contributed by atoms with van der Waals surface area (Å²) < 4.78 is 15.8. The molecule has 0 aliphatic carbocycles. The molecule has 3 aromatic rings. The van der Waals surface area contributed by atoms with Crippen molar-refractivity contribution in [3.63, 3.8) is 0 Å². The van der Waals surface area contributed by atoms with Crippen LogP contribution >= 0.6 is 11.8 Å². The number of thioether (sulfide) groups is 1. The number of halogens is 1. The lowest BCUT2D eigenvalue weighted by molar-refractivity contribution is -0.00177. The van der Waals surface area contributed by atoms with E-state index in [1.54, 1.807) is 35.1 Å². The number of anilines is 3. The van der Waals surface area contributed by atoms with Gasteiger partial charge >= 0.3 is 0 Å². The van der Waals surface area contributed by atoms with E-state index in [0.29, 0.717) is 28.5 Å². The summed E-state index contributed by atoms with van der Waals surface area (Å²) in [5.74, 6) is 2.78. The summed E-state index contributed by atoms with van der Waals surface area (Å²) in [5.41, 5.74) is 0.0950. The number of pyridine rings is 1. The van der Waals surface area contributed by atoms with E-state index in [2.05, 4.69) is 31.0 Å². The fraction of sp³-hybridized carbons (Fsp3) is 0.455. The molecule has 0 spiro atoms. The lowest BCUT2D eigenvalue weighted by Gasteiger charge is -2.25. The van der Waals surface area contributed by atoms with Crippen LogP contribution in [0.4, 0.5) is 21.7 Å². The molecule has 1 atom stereocenters. The molecule has 0 saturated carbocycles. The van der Waals surface area contributed by atoms with Crippen LogP contribution in [0.1, 0.15) is 37.0 Å². The largest absolute Gasteiger partial charge is 0.387 e. The highest BCUT2D eigenvalue weighted by atomic mass is 32.2. The van der Waals surface area contributed by atoms with Crippen LogP contribution in [0, 0.1) is 0 Å². The number of aromatic nitrogens is 4. The predicted octanol–water partition coefficient (Wildman–Crippen LogP) is 3.01. The standard InChI is InChI=1S/C22H28FN7O2S/c1-22(2,32)17(23)13-25-21(31)15-12-24-19(11-16(15)27-14-5-9-33-10-6-14)28-18-4-8-30-20(29-18)3-7-26-30/h3-4,7-8,11-12,14,17,32H,5-6,9-10,13H2,1-2H3,(H,25,31)(H2,24,27,28,29). The summed E-state index contributed by atoms with van der Waals surface area (Å²) >= 11 is 1.92. The number of carbonyl (C=O) groups excluding carboxylic acids is 1. The van der Waals surface area contributed by atoms with Crippen molar-refractivity contribution in [1.29, 1.82) is 0 Å². The van der Waals surface area contributed by atoms with Crippen LogP contribution in [0.25, 0.3) is 5.65 Å². The molecular formula is C22H28FN7O2S. The van der Waals surface area contributed by atoms with Gasteiger partial charge in [-0.05, 0) is 44.3 Å². The minimum absolute atomic E-state index is 0.236. The molecule has 0 radical (unpaired) electrons. The van der Waals surface area contributed by atoms with E-state index in [1.165, 1.54) is 20.0 Å². The number of nitrogens with zero attached hydrogens (tertiary/aromatic N) is 4. The Morgan fingerprint density at radius 2 is 2.12 bits per heavy atom. The summed E-state index contributed by atoms with van der Waals surface area (Å²) in [6, 6.07) is 5.58. The molecule has 11 heteroatoms. The van der Waals surface area contributed by atoms with Crippen LogP contribution in [-0.4, -0.2) is 66.5 Å². The Kier molecular flexibility index (Phi) is 6.99. The van der Waals surface area contributed by atoms with Crippen molar-refractivity contribution in [1.82, 2.24) is 24.9 Å². The number of fused-ring (bicyclic) bond motifs is 1. The highest BCUT2D eigenvalue weighted by Crippen LogP contribution is 2.26. The third-order valence-corrected chi connectivity index (χ3v) is 6.50. The van der Waals surface area contributed by atoms with Crippen LogP contribution < -0.4 is 16.0 Å². The van der Waals surface area contributed by atoms with Gasteiger partial charge in [-0.2, -0.15) is 16.9 Å². The normalized spacial score (nSPS) is 15.9. The molecule has 0 bridgehead atoms. The van der Waals surface area contributed by atoms with Gasteiger partial charge in [-0.3, -0.25) is 4.79 Å². The van der Waals surface area contributed by atoms with Gasteiger partial charge in [0.25, 0.3) is 5.91 Å². The predicted molar refractivity (Wildman–Crippen MR) is 128 cm³/mol. The van der Waals surface area contributed by atoms with E-state index in [1.807, 2.05) is 11.8 Å². The van der Waals surface area contributed by atoms with Gasteiger partial charge in [0.05, 0.1) is 29.6 Å². The van der Waals surface area contributed by atoms with Gasteiger partial charge in [0.15, 0.2) is 5.65 Å². The summed E-state index contributed by atoms with van der Waals surface area (Å²) in [6.45, 7) is 2.45. The zero-order valence-electron chi connectivity index (χ0n) is 18.6. The van der Waals surface area contributed by atoms with Crippen molar-refractivity contribution >= 4 is 40.6 Å². The summed E-state index contributed by atoms with van der Waals surface area (Å²) in [4.78, 5) is 21.7. The fourth-order valence-electron chi connectivity index (χ4n) is 3.43. The molecule has 9 nitrogen and oxygen atoms in total. The minimum Gasteiger partial charge on any atom is -0.387 e. The number of carbonyl (C=O) groups is 1. The zero-order chi connectivity index (χ0) is 23.4. The second kappa shape index (κ2) is 9.92. The van der Waals surface area contributed by atoms with E-state index in [0.717, 1.165) is 24.3 Å². The molecular weight excluding hydrogens is 445 g/mol. The molecule has 1 aliphatic rings. The first-order valence-electron chi connectivity index (χ1n) is 10.9. The number of hydrogen-bond acceptors (Lipinski definition) is 8. The maximum atomic E-state index is 14.1. The minimum atomic E-state index is -1.59. The Labute approximate surface area is 195 Å². The maximum Gasteiger partial charge on any atom is 0.255 e. The number of hydrogen-bond donors (Lipinski definition) is 4. The van der Waals surface area contributed by atoms with Crippen molar-refractivity contribution in [2.24, 2.45) is 0 Å². The van der Waals surface area contributed by atoms with Crippen LogP contribution in [0.2, 0.25) is 0 Å².